The van der Waals surface area contributed by atoms with Crippen molar-refractivity contribution in [3.05, 3.63) is 90.1 Å². The van der Waals surface area contributed by atoms with Crippen LogP contribution in [0.4, 0.5) is 0 Å². The molecule has 7 nitrogen and oxygen atoms in total. The van der Waals surface area contributed by atoms with Gasteiger partial charge in [-0.3, -0.25) is 9.89 Å². The van der Waals surface area contributed by atoms with Crippen LogP contribution in [0, 0.1) is 0 Å². The minimum absolute atomic E-state index is 0.296. The van der Waals surface area contributed by atoms with Crippen molar-refractivity contribution >= 4 is 33.7 Å². The molecule has 1 aromatic heterocycles. The number of hydrogen-bond acceptors (Lipinski definition) is 5. The van der Waals surface area contributed by atoms with Gasteiger partial charge in [-0.15, -0.1) is 0 Å². The number of methoxy groups -OCH3 is 2. The fourth-order valence-corrected chi connectivity index (χ4v) is 3.99. The van der Waals surface area contributed by atoms with Gasteiger partial charge in [-0.25, -0.2) is 5.43 Å². The number of nitrogens with one attached hydrogen (secondary N) is 2. The number of aromatic nitrogens is 2. The largest absolute Gasteiger partial charge is 0.493 e. The molecule has 0 aliphatic rings. The third kappa shape index (κ3) is 3.95. The highest BCUT2D eigenvalue weighted by Gasteiger charge is 2.13. The molecular formula is C27H22N4O3. The summed E-state index contributed by atoms with van der Waals surface area (Å²) in [5.41, 5.74) is 5.24. The first-order chi connectivity index (χ1) is 16.7. The van der Waals surface area contributed by atoms with E-state index < -0.39 is 0 Å². The zero-order chi connectivity index (χ0) is 23.5. The van der Waals surface area contributed by atoms with Crippen LogP contribution >= 0.6 is 0 Å². The number of nitrogens with zero attached hydrogens (tertiary/aromatic N) is 2. The van der Waals surface area contributed by atoms with E-state index in [1.165, 1.54) is 0 Å². The predicted octanol–water partition coefficient (Wildman–Crippen LogP) is 5.16. The van der Waals surface area contributed by atoms with Gasteiger partial charge in [0, 0.05) is 11.1 Å². The Balaban J connectivity index is 1.39. The molecule has 0 aliphatic heterocycles. The van der Waals surface area contributed by atoms with E-state index in [1.807, 2.05) is 30.3 Å². The molecule has 4 aromatic carbocycles. The second-order valence-corrected chi connectivity index (χ2v) is 7.67. The van der Waals surface area contributed by atoms with Crippen LogP contribution in [0.3, 0.4) is 0 Å². The van der Waals surface area contributed by atoms with Crippen LogP contribution in [0.2, 0.25) is 0 Å². The molecule has 2 N–H and O–H groups in total. The van der Waals surface area contributed by atoms with E-state index in [4.69, 9.17) is 9.47 Å². The molecule has 0 aliphatic carbocycles. The first kappa shape index (κ1) is 21.2. The Labute approximate surface area is 196 Å². The summed E-state index contributed by atoms with van der Waals surface area (Å²) in [5, 5.41) is 15.6. The van der Waals surface area contributed by atoms with Gasteiger partial charge in [-0.2, -0.15) is 10.2 Å². The fourth-order valence-electron chi connectivity index (χ4n) is 3.99. The van der Waals surface area contributed by atoms with Gasteiger partial charge < -0.3 is 9.47 Å². The van der Waals surface area contributed by atoms with Crippen LogP contribution in [-0.4, -0.2) is 36.5 Å². The summed E-state index contributed by atoms with van der Waals surface area (Å²) in [6.07, 6.45) is 1.69. The second kappa shape index (κ2) is 9.07. The van der Waals surface area contributed by atoms with Gasteiger partial charge in [0.05, 0.1) is 26.1 Å². The van der Waals surface area contributed by atoms with Crippen LogP contribution in [0.25, 0.3) is 32.8 Å². The highest BCUT2D eigenvalue weighted by atomic mass is 16.5. The predicted molar refractivity (Wildman–Crippen MR) is 134 cm³/mol. The lowest BCUT2D eigenvalue weighted by molar-refractivity contribution is 0.0950. The standard InChI is InChI=1S/C27H22N4O3/c1-33-25-12-11-19(14-26(25)34-2)23-15-24(30-29-23)27(32)31-28-16-22-20-9-5-3-7-17(20)13-18-8-4-6-10-21(18)22/h3-16H,1-2H3,(H,29,30)(H,31,32)/b28-16+. The number of carbonyl (C=O) groups is 1. The number of amides is 1. The molecule has 168 valence electrons. The number of carbonyl (C=O) groups excluding carboxylic acids is 1. The van der Waals surface area contributed by atoms with Crippen LogP contribution in [-0.2, 0) is 0 Å². The molecule has 0 fully saturated rings. The molecule has 1 amide bonds. The molecule has 0 saturated carbocycles. The molecule has 0 unspecified atom stereocenters. The van der Waals surface area contributed by atoms with Crippen LogP contribution < -0.4 is 14.9 Å². The SMILES string of the molecule is COc1ccc(-c2cc(C(=O)N/N=C/c3c4ccccc4cc4ccccc34)[nH]n2)cc1OC. The number of rotatable bonds is 6. The van der Waals surface area contributed by atoms with Crippen molar-refractivity contribution < 1.29 is 14.3 Å². The molecule has 1 heterocycles. The van der Waals surface area contributed by atoms with Gasteiger partial charge in [0.15, 0.2) is 11.5 Å². The lowest BCUT2D eigenvalue weighted by Crippen LogP contribution is -2.18. The summed E-state index contributed by atoms with van der Waals surface area (Å²) in [6, 6.07) is 25.5. The van der Waals surface area contributed by atoms with Gasteiger partial charge in [0.25, 0.3) is 5.91 Å². The lowest BCUT2D eigenvalue weighted by Gasteiger charge is -2.08. The number of hydrazone groups is 1. The van der Waals surface area contributed by atoms with Crippen molar-refractivity contribution in [3.63, 3.8) is 0 Å². The lowest BCUT2D eigenvalue weighted by atomic mass is 9.97. The Hall–Kier alpha value is -4.65. The molecule has 5 aromatic rings. The Bertz CT molecular complexity index is 1480. The van der Waals surface area contributed by atoms with Gasteiger partial charge in [0.1, 0.15) is 5.69 Å². The zero-order valence-corrected chi connectivity index (χ0v) is 18.7. The summed E-state index contributed by atoms with van der Waals surface area (Å²) in [5.74, 6) is 0.816. The molecule has 5 rings (SSSR count). The number of benzene rings is 4. The van der Waals surface area contributed by atoms with E-state index in [0.29, 0.717) is 22.9 Å². The van der Waals surface area contributed by atoms with E-state index >= 15 is 0 Å². The molecule has 0 radical (unpaired) electrons. The van der Waals surface area contributed by atoms with E-state index in [9.17, 15) is 4.79 Å². The molecule has 0 saturated heterocycles. The summed E-state index contributed by atoms with van der Waals surface area (Å²) in [7, 11) is 3.15. The van der Waals surface area contributed by atoms with E-state index in [1.54, 1.807) is 38.6 Å². The van der Waals surface area contributed by atoms with Gasteiger partial charge >= 0.3 is 0 Å². The van der Waals surface area contributed by atoms with Gasteiger partial charge in [0.2, 0.25) is 0 Å². The molecular weight excluding hydrogens is 428 g/mol. The minimum atomic E-state index is -0.389. The Kier molecular flexibility index (Phi) is 5.66. The van der Waals surface area contributed by atoms with Crippen molar-refractivity contribution in [2.45, 2.75) is 0 Å². The van der Waals surface area contributed by atoms with E-state index in [-0.39, 0.29) is 5.91 Å². The number of fused-ring (bicyclic) bond motifs is 2. The second-order valence-electron chi connectivity index (χ2n) is 7.67. The van der Waals surface area contributed by atoms with Crippen molar-refractivity contribution in [2.75, 3.05) is 14.2 Å². The normalized spacial score (nSPS) is 11.2. The summed E-state index contributed by atoms with van der Waals surface area (Å²) >= 11 is 0. The summed E-state index contributed by atoms with van der Waals surface area (Å²) in [6.45, 7) is 0. The van der Waals surface area contributed by atoms with Gasteiger partial charge in [-0.05, 0) is 51.9 Å². The Morgan fingerprint density at radius 3 is 2.24 bits per heavy atom. The minimum Gasteiger partial charge on any atom is -0.493 e. The topological polar surface area (TPSA) is 88.6 Å². The Morgan fingerprint density at radius 1 is 0.882 bits per heavy atom. The average molecular weight is 450 g/mol. The molecule has 0 spiro atoms. The molecule has 7 heteroatoms. The molecule has 0 atom stereocenters. The van der Waals surface area contributed by atoms with Crippen molar-refractivity contribution in [2.24, 2.45) is 5.10 Å². The maximum absolute atomic E-state index is 12.7. The summed E-state index contributed by atoms with van der Waals surface area (Å²) < 4.78 is 10.6. The average Bonchev–Trinajstić information content (AvgIpc) is 3.38. The number of aromatic amines is 1. The first-order valence-electron chi connectivity index (χ1n) is 10.7. The van der Waals surface area contributed by atoms with E-state index in [0.717, 1.165) is 32.7 Å². The monoisotopic (exact) mass is 450 g/mol. The molecule has 34 heavy (non-hydrogen) atoms. The van der Waals surface area contributed by atoms with Crippen LogP contribution in [0.1, 0.15) is 16.1 Å². The van der Waals surface area contributed by atoms with Crippen molar-refractivity contribution in [1.29, 1.82) is 0 Å². The first-order valence-corrected chi connectivity index (χ1v) is 10.7. The molecule has 0 bridgehead atoms. The zero-order valence-electron chi connectivity index (χ0n) is 18.7. The maximum atomic E-state index is 12.7. The number of hydrogen-bond donors (Lipinski definition) is 2. The van der Waals surface area contributed by atoms with Crippen molar-refractivity contribution in [1.82, 2.24) is 15.6 Å². The maximum Gasteiger partial charge on any atom is 0.289 e. The highest BCUT2D eigenvalue weighted by Crippen LogP contribution is 2.32. The number of H-pyrrole nitrogens is 1. The fraction of sp³-hybridized carbons (Fsp3) is 0.0741. The van der Waals surface area contributed by atoms with Crippen molar-refractivity contribution in [3.8, 4) is 22.8 Å². The Morgan fingerprint density at radius 2 is 1.56 bits per heavy atom. The van der Waals surface area contributed by atoms with E-state index in [2.05, 4.69) is 51.1 Å². The number of ether oxygens (including phenoxy) is 2. The highest BCUT2D eigenvalue weighted by molar-refractivity contribution is 6.13. The van der Waals surface area contributed by atoms with Gasteiger partial charge in [-0.1, -0.05) is 48.5 Å². The van der Waals surface area contributed by atoms with Crippen LogP contribution in [0.15, 0.2) is 84.0 Å². The smallest absolute Gasteiger partial charge is 0.289 e. The summed E-state index contributed by atoms with van der Waals surface area (Å²) in [4.78, 5) is 12.7. The van der Waals surface area contributed by atoms with Crippen LogP contribution in [0.5, 0.6) is 11.5 Å². The third-order valence-corrected chi connectivity index (χ3v) is 5.67. The third-order valence-electron chi connectivity index (χ3n) is 5.67. The quantitative estimate of drug-likeness (QED) is 0.212.